The van der Waals surface area contributed by atoms with Crippen molar-refractivity contribution in [1.82, 2.24) is 4.90 Å². The van der Waals surface area contributed by atoms with Gasteiger partial charge in [-0.2, -0.15) is 0 Å². The summed E-state index contributed by atoms with van der Waals surface area (Å²) in [4.78, 5) is 13.6. The van der Waals surface area contributed by atoms with E-state index in [1.807, 2.05) is 31.2 Å². The third kappa shape index (κ3) is 4.32. The molecule has 1 N–H and O–H groups in total. The SMILES string of the molecule is Cc1ccc(C(=O)N(C)C)cc1-c1ccc(NS(C)(=O)=O)cc1. The van der Waals surface area contributed by atoms with Gasteiger partial charge in [-0.1, -0.05) is 18.2 Å². The fourth-order valence-corrected chi connectivity index (χ4v) is 2.82. The van der Waals surface area contributed by atoms with E-state index in [0.29, 0.717) is 11.3 Å². The molecule has 0 fully saturated rings. The average Bonchev–Trinajstić information content (AvgIpc) is 2.46. The molecule has 0 aromatic heterocycles. The molecule has 2 aromatic rings. The smallest absolute Gasteiger partial charge is 0.253 e. The lowest BCUT2D eigenvalue weighted by atomic mass is 9.97. The first kappa shape index (κ1) is 17.0. The van der Waals surface area contributed by atoms with Crippen molar-refractivity contribution in [3.8, 4) is 11.1 Å². The average molecular weight is 332 g/mol. The summed E-state index contributed by atoms with van der Waals surface area (Å²) in [6.45, 7) is 1.97. The van der Waals surface area contributed by atoms with Gasteiger partial charge >= 0.3 is 0 Å². The van der Waals surface area contributed by atoms with E-state index in [1.54, 1.807) is 32.3 Å². The van der Waals surface area contributed by atoms with E-state index in [1.165, 1.54) is 4.90 Å². The van der Waals surface area contributed by atoms with Crippen molar-refractivity contribution in [1.29, 1.82) is 0 Å². The van der Waals surface area contributed by atoms with E-state index in [9.17, 15) is 13.2 Å². The Kier molecular flexibility index (Phi) is 4.75. The second-order valence-corrected chi connectivity index (χ2v) is 7.43. The second-order valence-electron chi connectivity index (χ2n) is 5.68. The summed E-state index contributed by atoms with van der Waals surface area (Å²) in [6, 6.07) is 12.7. The van der Waals surface area contributed by atoms with Crippen molar-refractivity contribution >= 4 is 21.6 Å². The Bertz CT molecular complexity index is 825. The second kappa shape index (κ2) is 6.42. The summed E-state index contributed by atoms with van der Waals surface area (Å²) in [5.41, 5.74) is 4.05. The number of aryl methyl sites for hydroxylation is 1. The fourth-order valence-electron chi connectivity index (χ4n) is 2.26. The van der Waals surface area contributed by atoms with Crippen LogP contribution in [0.15, 0.2) is 42.5 Å². The summed E-state index contributed by atoms with van der Waals surface area (Å²) < 4.78 is 24.9. The molecule has 0 aliphatic rings. The topological polar surface area (TPSA) is 66.5 Å². The van der Waals surface area contributed by atoms with Crippen LogP contribution in [0.2, 0.25) is 0 Å². The van der Waals surface area contributed by atoms with Crippen LogP contribution in [0.5, 0.6) is 0 Å². The molecular formula is C17H20N2O3S. The normalized spacial score (nSPS) is 11.1. The zero-order valence-corrected chi connectivity index (χ0v) is 14.4. The maximum Gasteiger partial charge on any atom is 0.253 e. The molecule has 6 heteroatoms. The van der Waals surface area contributed by atoms with Crippen LogP contribution >= 0.6 is 0 Å². The first-order valence-corrected chi connectivity index (χ1v) is 8.97. The van der Waals surface area contributed by atoms with Crippen LogP contribution in [-0.4, -0.2) is 39.6 Å². The molecule has 0 aliphatic heterocycles. The van der Waals surface area contributed by atoms with Crippen molar-refractivity contribution in [3.05, 3.63) is 53.6 Å². The zero-order valence-electron chi connectivity index (χ0n) is 13.6. The molecule has 0 saturated carbocycles. The monoisotopic (exact) mass is 332 g/mol. The third-order valence-electron chi connectivity index (χ3n) is 3.39. The molecule has 0 aliphatic carbocycles. The molecule has 122 valence electrons. The highest BCUT2D eigenvalue weighted by atomic mass is 32.2. The Balaban J connectivity index is 2.38. The van der Waals surface area contributed by atoms with Crippen molar-refractivity contribution in [2.24, 2.45) is 0 Å². The molecule has 2 aromatic carbocycles. The summed E-state index contributed by atoms with van der Waals surface area (Å²) in [7, 11) is 0.141. The van der Waals surface area contributed by atoms with Gasteiger partial charge in [-0.15, -0.1) is 0 Å². The maximum atomic E-state index is 12.1. The van der Waals surface area contributed by atoms with Crippen molar-refractivity contribution in [3.63, 3.8) is 0 Å². The largest absolute Gasteiger partial charge is 0.345 e. The highest BCUT2D eigenvalue weighted by Gasteiger charge is 2.11. The summed E-state index contributed by atoms with van der Waals surface area (Å²) in [5.74, 6) is -0.0541. The van der Waals surface area contributed by atoms with Crippen LogP contribution in [0.1, 0.15) is 15.9 Å². The number of amides is 1. The molecule has 5 nitrogen and oxygen atoms in total. The van der Waals surface area contributed by atoms with Crippen LogP contribution in [-0.2, 0) is 10.0 Å². The number of sulfonamides is 1. The van der Waals surface area contributed by atoms with E-state index in [4.69, 9.17) is 0 Å². The van der Waals surface area contributed by atoms with Gasteiger partial charge < -0.3 is 4.90 Å². The molecule has 0 spiro atoms. The molecule has 0 saturated heterocycles. The van der Waals surface area contributed by atoms with Gasteiger partial charge in [0.05, 0.1) is 6.26 Å². The Hall–Kier alpha value is -2.34. The number of nitrogens with zero attached hydrogens (tertiary/aromatic N) is 1. The summed E-state index contributed by atoms with van der Waals surface area (Å²) >= 11 is 0. The lowest BCUT2D eigenvalue weighted by Crippen LogP contribution is -2.21. The molecule has 2 rings (SSSR count). The lowest BCUT2D eigenvalue weighted by Gasteiger charge is -2.13. The number of rotatable bonds is 4. The predicted molar refractivity (Wildman–Crippen MR) is 93.1 cm³/mol. The predicted octanol–water partition coefficient (Wildman–Crippen LogP) is 2.74. The third-order valence-corrected chi connectivity index (χ3v) is 4.00. The Morgan fingerprint density at radius 2 is 1.65 bits per heavy atom. The number of carbonyl (C=O) groups excluding carboxylic acids is 1. The van der Waals surface area contributed by atoms with Gasteiger partial charge in [0.1, 0.15) is 0 Å². The van der Waals surface area contributed by atoms with E-state index >= 15 is 0 Å². The van der Waals surface area contributed by atoms with Gasteiger partial charge in [-0.3, -0.25) is 9.52 Å². The lowest BCUT2D eigenvalue weighted by molar-refractivity contribution is 0.0827. The summed E-state index contributed by atoms with van der Waals surface area (Å²) in [5, 5.41) is 0. The minimum absolute atomic E-state index is 0.0541. The van der Waals surface area contributed by atoms with Crippen LogP contribution in [0, 0.1) is 6.92 Å². The number of nitrogens with one attached hydrogen (secondary N) is 1. The molecule has 0 atom stereocenters. The van der Waals surface area contributed by atoms with Gasteiger partial charge in [-0.05, 0) is 47.9 Å². The fraction of sp³-hybridized carbons (Fsp3) is 0.235. The van der Waals surface area contributed by atoms with E-state index in [2.05, 4.69) is 4.72 Å². The Morgan fingerprint density at radius 3 is 2.17 bits per heavy atom. The number of hydrogen-bond donors (Lipinski definition) is 1. The Morgan fingerprint density at radius 1 is 1.04 bits per heavy atom. The van der Waals surface area contributed by atoms with E-state index in [0.717, 1.165) is 22.9 Å². The zero-order chi connectivity index (χ0) is 17.2. The maximum absolute atomic E-state index is 12.1. The van der Waals surface area contributed by atoms with Gasteiger partial charge in [0, 0.05) is 25.3 Å². The minimum Gasteiger partial charge on any atom is -0.345 e. The van der Waals surface area contributed by atoms with E-state index in [-0.39, 0.29) is 5.91 Å². The van der Waals surface area contributed by atoms with Crippen LogP contribution in [0.3, 0.4) is 0 Å². The van der Waals surface area contributed by atoms with Gasteiger partial charge in [0.15, 0.2) is 0 Å². The van der Waals surface area contributed by atoms with E-state index < -0.39 is 10.0 Å². The van der Waals surface area contributed by atoms with Crippen LogP contribution < -0.4 is 4.72 Å². The molecule has 0 unspecified atom stereocenters. The molecule has 0 radical (unpaired) electrons. The minimum atomic E-state index is -3.29. The molecular weight excluding hydrogens is 312 g/mol. The molecule has 0 bridgehead atoms. The molecule has 0 heterocycles. The number of anilines is 1. The number of carbonyl (C=O) groups is 1. The van der Waals surface area contributed by atoms with Crippen LogP contribution in [0.4, 0.5) is 5.69 Å². The molecule has 23 heavy (non-hydrogen) atoms. The van der Waals surface area contributed by atoms with Crippen LogP contribution in [0.25, 0.3) is 11.1 Å². The van der Waals surface area contributed by atoms with Gasteiger partial charge in [0.2, 0.25) is 10.0 Å². The van der Waals surface area contributed by atoms with Crippen molar-refractivity contribution in [2.45, 2.75) is 6.92 Å². The first-order chi connectivity index (χ1) is 10.7. The Labute approximate surface area is 137 Å². The summed E-state index contributed by atoms with van der Waals surface area (Å²) in [6.07, 6.45) is 1.11. The number of benzene rings is 2. The number of hydrogen-bond acceptors (Lipinski definition) is 3. The van der Waals surface area contributed by atoms with Crippen molar-refractivity contribution < 1.29 is 13.2 Å². The van der Waals surface area contributed by atoms with Crippen molar-refractivity contribution in [2.75, 3.05) is 25.1 Å². The standard InChI is InChI=1S/C17H20N2O3S/c1-12-5-6-14(17(20)19(2)3)11-16(12)13-7-9-15(10-8-13)18-23(4,21)22/h5-11,18H,1-4H3. The molecule has 1 amide bonds. The first-order valence-electron chi connectivity index (χ1n) is 7.08. The van der Waals surface area contributed by atoms with Gasteiger partial charge in [0.25, 0.3) is 5.91 Å². The quantitative estimate of drug-likeness (QED) is 0.936. The van der Waals surface area contributed by atoms with Gasteiger partial charge in [-0.25, -0.2) is 8.42 Å². The highest BCUT2D eigenvalue weighted by Crippen LogP contribution is 2.26. The highest BCUT2D eigenvalue weighted by molar-refractivity contribution is 7.92.